The van der Waals surface area contributed by atoms with Crippen LogP contribution in [-0.4, -0.2) is 26.6 Å². The first-order chi connectivity index (χ1) is 12.5. The summed E-state index contributed by atoms with van der Waals surface area (Å²) in [6.07, 6.45) is 1.00. The van der Waals surface area contributed by atoms with Crippen LogP contribution < -0.4 is 9.62 Å². The molecule has 27 heavy (non-hydrogen) atoms. The van der Waals surface area contributed by atoms with Crippen molar-refractivity contribution in [2.45, 2.75) is 19.4 Å². The predicted molar refractivity (Wildman–Crippen MR) is 103 cm³/mol. The van der Waals surface area contributed by atoms with Crippen LogP contribution >= 0.6 is 23.2 Å². The third-order valence-electron chi connectivity index (χ3n) is 3.62. The molecule has 0 aliphatic carbocycles. The maximum atomic E-state index is 13.8. The van der Waals surface area contributed by atoms with E-state index >= 15 is 0 Å². The van der Waals surface area contributed by atoms with Crippen molar-refractivity contribution < 1.29 is 22.0 Å². The lowest BCUT2D eigenvalue weighted by atomic mass is 10.1. The average Bonchev–Trinajstić information content (AvgIpc) is 2.52. The van der Waals surface area contributed by atoms with Gasteiger partial charge in [0, 0.05) is 16.1 Å². The van der Waals surface area contributed by atoms with Crippen molar-refractivity contribution >= 4 is 50.5 Å². The number of hydrogen-bond donors (Lipinski definition) is 1. The normalized spacial score (nSPS) is 12.5. The number of carbonyl (C=O) groups is 1. The number of amides is 1. The van der Waals surface area contributed by atoms with Crippen LogP contribution in [0, 0.1) is 11.6 Å². The van der Waals surface area contributed by atoms with E-state index in [1.165, 1.54) is 18.2 Å². The van der Waals surface area contributed by atoms with Gasteiger partial charge in [-0.05, 0) is 36.8 Å². The molecule has 0 saturated carbocycles. The first-order valence-corrected chi connectivity index (χ1v) is 10.3. The van der Waals surface area contributed by atoms with Gasteiger partial charge < -0.3 is 5.32 Å². The number of sulfonamides is 1. The maximum Gasteiger partial charge on any atom is 0.248 e. The van der Waals surface area contributed by atoms with E-state index in [0.717, 1.165) is 22.7 Å². The minimum Gasteiger partial charge on any atom is -0.322 e. The fourth-order valence-corrected chi connectivity index (χ4v) is 4.24. The molecule has 1 amide bonds. The Kier molecular flexibility index (Phi) is 6.67. The monoisotopic (exact) mass is 436 g/mol. The summed E-state index contributed by atoms with van der Waals surface area (Å²) in [7, 11) is -3.92. The van der Waals surface area contributed by atoms with Crippen LogP contribution in [0.25, 0.3) is 0 Å². The summed E-state index contributed by atoms with van der Waals surface area (Å²) >= 11 is 11.9. The number of nitrogens with one attached hydrogen (secondary N) is 1. The molecule has 0 radical (unpaired) electrons. The highest BCUT2D eigenvalue weighted by atomic mass is 35.5. The fourth-order valence-electron chi connectivity index (χ4n) is 2.53. The van der Waals surface area contributed by atoms with Crippen LogP contribution in [0.15, 0.2) is 36.4 Å². The quantitative estimate of drug-likeness (QED) is 0.726. The van der Waals surface area contributed by atoms with E-state index in [-0.39, 0.29) is 27.8 Å². The van der Waals surface area contributed by atoms with Gasteiger partial charge in [-0.25, -0.2) is 17.2 Å². The first-order valence-electron chi connectivity index (χ1n) is 7.74. The van der Waals surface area contributed by atoms with E-state index in [9.17, 15) is 22.0 Å². The lowest BCUT2D eigenvalue weighted by molar-refractivity contribution is -0.117. The van der Waals surface area contributed by atoms with Crippen molar-refractivity contribution in [3.63, 3.8) is 0 Å². The number of carbonyl (C=O) groups excluding carboxylic acids is 1. The molecule has 0 spiro atoms. The van der Waals surface area contributed by atoms with Crippen LogP contribution in [0.5, 0.6) is 0 Å². The number of rotatable bonds is 6. The van der Waals surface area contributed by atoms with Crippen LogP contribution in [-0.2, 0) is 14.8 Å². The van der Waals surface area contributed by atoms with Gasteiger partial charge >= 0.3 is 0 Å². The summed E-state index contributed by atoms with van der Waals surface area (Å²) in [4.78, 5) is 12.7. The molecule has 0 saturated heterocycles. The average molecular weight is 437 g/mol. The molecule has 2 aromatic rings. The van der Waals surface area contributed by atoms with Gasteiger partial charge in [-0.2, -0.15) is 0 Å². The van der Waals surface area contributed by atoms with E-state index < -0.39 is 33.6 Å². The third-order valence-corrected chi connectivity index (χ3v) is 5.24. The third kappa shape index (κ3) is 5.31. The van der Waals surface area contributed by atoms with Gasteiger partial charge in [0.25, 0.3) is 0 Å². The molecule has 5 nitrogen and oxygen atoms in total. The van der Waals surface area contributed by atoms with Gasteiger partial charge in [0.1, 0.15) is 17.7 Å². The van der Waals surface area contributed by atoms with E-state index in [1.807, 2.05) is 0 Å². The topological polar surface area (TPSA) is 66.5 Å². The number of hydrogen-bond acceptors (Lipinski definition) is 3. The minimum absolute atomic E-state index is 0.0752. The summed E-state index contributed by atoms with van der Waals surface area (Å²) in [5.41, 5.74) is -0.172. The Hall–Kier alpha value is -1.90. The number of halogens is 4. The maximum absolute atomic E-state index is 13.8. The van der Waals surface area contributed by atoms with Crippen molar-refractivity contribution in [1.82, 2.24) is 0 Å². The molecule has 0 bridgehead atoms. The van der Waals surface area contributed by atoms with Gasteiger partial charge in [-0.1, -0.05) is 30.1 Å². The Morgan fingerprint density at radius 2 is 1.74 bits per heavy atom. The van der Waals surface area contributed by atoms with Crippen molar-refractivity contribution in [2.24, 2.45) is 0 Å². The van der Waals surface area contributed by atoms with Crippen LogP contribution in [0.4, 0.5) is 20.2 Å². The van der Waals surface area contributed by atoms with Crippen LogP contribution in [0.1, 0.15) is 13.3 Å². The summed E-state index contributed by atoms with van der Waals surface area (Å²) in [5.74, 6) is -2.57. The highest BCUT2D eigenvalue weighted by Crippen LogP contribution is 2.30. The molecule has 2 rings (SSSR count). The molecule has 0 unspecified atom stereocenters. The summed E-state index contributed by atoms with van der Waals surface area (Å²) in [6.45, 7) is 1.59. The second kappa shape index (κ2) is 8.41. The molecule has 1 N–H and O–H groups in total. The Morgan fingerprint density at radius 1 is 1.15 bits per heavy atom. The van der Waals surface area contributed by atoms with Crippen molar-refractivity contribution in [3.05, 3.63) is 58.1 Å². The zero-order chi connectivity index (χ0) is 20.4. The molecule has 10 heteroatoms. The highest BCUT2D eigenvalue weighted by Gasteiger charge is 2.32. The van der Waals surface area contributed by atoms with Gasteiger partial charge in [0.15, 0.2) is 0 Å². The van der Waals surface area contributed by atoms with E-state index in [4.69, 9.17) is 23.2 Å². The minimum atomic E-state index is -3.92. The smallest absolute Gasteiger partial charge is 0.248 e. The molecule has 2 aromatic carbocycles. The predicted octanol–water partition coefficient (Wildman–Crippen LogP) is 4.45. The number of nitrogens with zero attached hydrogens (tertiary/aromatic N) is 1. The van der Waals surface area contributed by atoms with E-state index in [0.29, 0.717) is 6.07 Å². The lowest BCUT2D eigenvalue weighted by Gasteiger charge is -2.30. The molecule has 0 fully saturated rings. The van der Waals surface area contributed by atoms with Gasteiger partial charge in [0.05, 0.1) is 17.6 Å². The second-order valence-corrected chi connectivity index (χ2v) is 8.46. The molecule has 0 aromatic heterocycles. The standard InChI is InChI=1S/C17H16Cl2F2N2O3S/c1-3-16(17(24)22-15-5-4-12(20)9-14(15)21)23(27(2,25)26)13-7-10(18)6-11(19)8-13/h4-9,16H,3H2,1-2H3,(H,22,24)/t16-/m0/s1. The number of benzene rings is 2. The summed E-state index contributed by atoms with van der Waals surface area (Å²) in [6, 6.07) is 5.55. The molecule has 0 heterocycles. The highest BCUT2D eigenvalue weighted by molar-refractivity contribution is 7.92. The van der Waals surface area contributed by atoms with Gasteiger partial charge in [-0.15, -0.1) is 0 Å². The number of anilines is 2. The Morgan fingerprint density at radius 3 is 2.22 bits per heavy atom. The summed E-state index contributed by atoms with van der Waals surface area (Å²) in [5, 5.41) is 2.66. The van der Waals surface area contributed by atoms with Crippen molar-refractivity contribution in [1.29, 1.82) is 0 Å². The zero-order valence-corrected chi connectivity index (χ0v) is 16.7. The molecular formula is C17H16Cl2F2N2O3S. The van der Waals surface area contributed by atoms with E-state index in [1.54, 1.807) is 6.92 Å². The molecule has 0 aliphatic heterocycles. The molecule has 146 valence electrons. The molecule has 1 atom stereocenters. The van der Waals surface area contributed by atoms with Gasteiger partial charge in [-0.3, -0.25) is 9.10 Å². The largest absolute Gasteiger partial charge is 0.322 e. The molecule has 0 aliphatic rings. The Labute approximate surface area is 165 Å². The van der Waals surface area contributed by atoms with Crippen molar-refractivity contribution in [2.75, 3.05) is 15.9 Å². The van der Waals surface area contributed by atoms with Crippen LogP contribution in [0.3, 0.4) is 0 Å². The molecular weight excluding hydrogens is 421 g/mol. The first kappa shape index (κ1) is 21.4. The SMILES string of the molecule is CC[C@@H](C(=O)Nc1ccc(F)cc1F)N(c1cc(Cl)cc(Cl)c1)S(C)(=O)=O. The lowest BCUT2D eigenvalue weighted by Crippen LogP contribution is -2.47. The van der Waals surface area contributed by atoms with Gasteiger partial charge in [0.2, 0.25) is 15.9 Å². The zero-order valence-electron chi connectivity index (χ0n) is 14.3. The summed E-state index contributed by atoms with van der Waals surface area (Å²) < 4.78 is 52.4. The fraction of sp³-hybridized carbons (Fsp3) is 0.235. The second-order valence-electron chi connectivity index (χ2n) is 5.72. The Bertz CT molecular complexity index is 950. The van der Waals surface area contributed by atoms with E-state index in [2.05, 4.69) is 5.32 Å². The Balaban J connectivity index is 2.44. The van der Waals surface area contributed by atoms with Crippen molar-refractivity contribution in [3.8, 4) is 0 Å². The van der Waals surface area contributed by atoms with Crippen LogP contribution in [0.2, 0.25) is 10.0 Å².